The first-order chi connectivity index (χ1) is 11.5. The fourth-order valence-corrected chi connectivity index (χ4v) is 2.20. The molecule has 1 N–H and O–H groups in total. The van der Waals surface area contributed by atoms with Crippen LogP contribution in [0.15, 0.2) is 41.0 Å². The monoisotopic (exact) mass is 332 g/mol. The molecule has 2 aromatic rings. The van der Waals surface area contributed by atoms with E-state index >= 15 is 0 Å². The summed E-state index contributed by atoms with van der Waals surface area (Å²) in [5.74, 6) is 0.475. The van der Waals surface area contributed by atoms with Gasteiger partial charge in [-0.15, -0.1) is 0 Å². The van der Waals surface area contributed by atoms with Crippen LogP contribution in [0.1, 0.15) is 16.1 Å². The molecule has 0 saturated heterocycles. The molecule has 0 radical (unpaired) electrons. The quantitative estimate of drug-likeness (QED) is 0.783. The van der Waals surface area contributed by atoms with Crippen molar-refractivity contribution < 1.29 is 23.5 Å². The molecule has 0 unspecified atom stereocenters. The Morgan fingerprint density at radius 1 is 1.25 bits per heavy atom. The van der Waals surface area contributed by atoms with E-state index in [1.165, 1.54) is 13.4 Å². The topological polar surface area (TPSA) is 81.0 Å². The van der Waals surface area contributed by atoms with E-state index in [9.17, 15) is 9.59 Å². The van der Waals surface area contributed by atoms with E-state index < -0.39 is 5.97 Å². The number of likely N-dealkylation sites (N-methyl/N-ethyl adjacent to an activating group) is 1. The molecule has 0 spiro atoms. The summed E-state index contributed by atoms with van der Waals surface area (Å²) >= 11 is 0. The van der Waals surface area contributed by atoms with Crippen molar-refractivity contribution in [2.45, 2.75) is 6.54 Å². The lowest BCUT2D eigenvalue weighted by atomic mass is 10.2. The number of furan rings is 1. The van der Waals surface area contributed by atoms with E-state index in [1.807, 2.05) is 0 Å². The van der Waals surface area contributed by atoms with Crippen molar-refractivity contribution in [2.24, 2.45) is 0 Å². The van der Waals surface area contributed by atoms with E-state index in [2.05, 4.69) is 5.32 Å². The van der Waals surface area contributed by atoms with Crippen LogP contribution in [0.2, 0.25) is 0 Å². The number of methoxy groups -OCH3 is 2. The van der Waals surface area contributed by atoms with Gasteiger partial charge >= 0.3 is 5.97 Å². The number of nitrogens with one attached hydrogen (secondary N) is 1. The molecule has 7 nitrogen and oxygen atoms in total. The number of anilines is 1. The summed E-state index contributed by atoms with van der Waals surface area (Å²) in [6.07, 6.45) is 1.42. The SMILES string of the molecule is COC(=O)c1ccoc1CN(C)CC(=O)Nc1cccc(OC)c1. The van der Waals surface area contributed by atoms with E-state index in [0.717, 1.165) is 0 Å². The maximum atomic E-state index is 12.1. The van der Waals surface area contributed by atoms with Gasteiger partial charge in [0.15, 0.2) is 0 Å². The Bertz CT molecular complexity index is 711. The largest absolute Gasteiger partial charge is 0.497 e. The minimum atomic E-state index is -0.465. The third-order valence-corrected chi connectivity index (χ3v) is 3.33. The Balaban J connectivity index is 1.92. The Morgan fingerprint density at radius 3 is 2.75 bits per heavy atom. The summed E-state index contributed by atoms with van der Waals surface area (Å²) in [6.45, 7) is 0.446. The molecule has 0 fully saturated rings. The van der Waals surface area contributed by atoms with Gasteiger partial charge in [-0.2, -0.15) is 0 Å². The normalized spacial score (nSPS) is 10.5. The molecule has 24 heavy (non-hydrogen) atoms. The number of carbonyl (C=O) groups excluding carboxylic acids is 2. The van der Waals surface area contributed by atoms with Crippen molar-refractivity contribution in [2.75, 3.05) is 33.1 Å². The molecule has 128 valence electrons. The maximum Gasteiger partial charge on any atom is 0.341 e. The highest BCUT2D eigenvalue weighted by atomic mass is 16.5. The van der Waals surface area contributed by atoms with Crippen LogP contribution in [0.25, 0.3) is 0 Å². The third-order valence-electron chi connectivity index (χ3n) is 3.33. The van der Waals surface area contributed by atoms with Gasteiger partial charge in [0.2, 0.25) is 5.91 Å². The second kappa shape index (κ2) is 8.16. The van der Waals surface area contributed by atoms with Crippen LogP contribution >= 0.6 is 0 Å². The highest BCUT2D eigenvalue weighted by Gasteiger charge is 2.17. The summed E-state index contributed by atoms with van der Waals surface area (Å²) in [5, 5.41) is 2.79. The first-order valence-corrected chi connectivity index (χ1v) is 7.30. The highest BCUT2D eigenvalue weighted by Crippen LogP contribution is 2.17. The summed E-state index contributed by atoms with van der Waals surface area (Å²) < 4.78 is 15.1. The van der Waals surface area contributed by atoms with Gasteiger partial charge in [0.1, 0.15) is 17.1 Å². The van der Waals surface area contributed by atoms with E-state index in [4.69, 9.17) is 13.9 Å². The van der Waals surface area contributed by atoms with Crippen LogP contribution in [-0.4, -0.2) is 44.6 Å². The Labute approximate surface area is 140 Å². The van der Waals surface area contributed by atoms with Gasteiger partial charge in [-0.3, -0.25) is 9.69 Å². The van der Waals surface area contributed by atoms with E-state index in [1.54, 1.807) is 49.4 Å². The van der Waals surface area contributed by atoms with Gasteiger partial charge in [-0.25, -0.2) is 4.79 Å². The fourth-order valence-electron chi connectivity index (χ4n) is 2.20. The van der Waals surface area contributed by atoms with Crippen molar-refractivity contribution in [3.63, 3.8) is 0 Å². The van der Waals surface area contributed by atoms with Gasteiger partial charge in [0, 0.05) is 11.8 Å². The minimum absolute atomic E-state index is 0.137. The zero-order valence-corrected chi connectivity index (χ0v) is 13.9. The van der Waals surface area contributed by atoms with Gasteiger partial charge in [0.25, 0.3) is 0 Å². The van der Waals surface area contributed by atoms with Gasteiger partial charge in [0.05, 0.1) is 33.6 Å². The fraction of sp³-hybridized carbons (Fsp3) is 0.294. The molecular weight excluding hydrogens is 312 g/mol. The zero-order chi connectivity index (χ0) is 17.5. The lowest BCUT2D eigenvalue weighted by molar-refractivity contribution is -0.117. The second-order valence-electron chi connectivity index (χ2n) is 5.20. The molecule has 0 bridgehead atoms. The van der Waals surface area contributed by atoms with Crippen molar-refractivity contribution in [3.8, 4) is 5.75 Å². The number of ether oxygens (including phenoxy) is 2. The smallest absolute Gasteiger partial charge is 0.341 e. The van der Waals surface area contributed by atoms with Crippen molar-refractivity contribution in [1.29, 1.82) is 0 Å². The molecule has 2 rings (SSSR count). The summed E-state index contributed by atoms with van der Waals surface area (Å²) in [4.78, 5) is 25.5. The summed E-state index contributed by atoms with van der Waals surface area (Å²) in [5.41, 5.74) is 1.01. The van der Waals surface area contributed by atoms with Crippen molar-refractivity contribution >= 4 is 17.6 Å². The summed E-state index contributed by atoms with van der Waals surface area (Å²) in [7, 11) is 4.64. The molecule has 0 saturated carbocycles. The Morgan fingerprint density at radius 2 is 2.04 bits per heavy atom. The Kier molecular flexibility index (Phi) is 5.97. The molecule has 1 aromatic heterocycles. The first kappa shape index (κ1) is 17.6. The number of hydrogen-bond acceptors (Lipinski definition) is 6. The first-order valence-electron chi connectivity index (χ1n) is 7.30. The molecule has 1 aromatic carbocycles. The Hall–Kier alpha value is -2.80. The van der Waals surface area contributed by atoms with Gasteiger partial charge in [-0.1, -0.05) is 6.07 Å². The second-order valence-corrected chi connectivity index (χ2v) is 5.20. The number of nitrogens with zero attached hydrogens (tertiary/aromatic N) is 1. The van der Waals surface area contributed by atoms with Crippen LogP contribution in [0.4, 0.5) is 5.69 Å². The van der Waals surface area contributed by atoms with Crippen molar-refractivity contribution in [3.05, 3.63) is 47.9 Å². The van der Waals surface area contributed by atoms with Crippen LogP contribution in [-0.2, 0) is 16.1 Å². The molecule has 0 aliphatic carbocycles. The number of esters is 1. The molecule has 0 atom stereocenters. The molecule has 0 aliphatic heterocycles. The molecular formula is C17H20N2O5. The number of amides is 1. The molecule has 7 heteroatoms. The van der Waals surface area contributed by atoms with E-state index in [-0.39, 0.29) is 12.5 Å². The lowest BCUT2D eigenvalue weighted by Gasteiger charge is -2.15. The standard InChI is InChI=1S/C17H20N2O5/c1-19(10-15-14(7-8-24-15)17(21)23-3)11-16(20)18-12-5-4-6-13(9-12)22-2/h4-9H,10-11H2,1-3H3,(H,18,20). The predicted molar refractivity (Wildman–Crippen MR) is 88.0 cm³/mol. The number of carbonyl (C=O) groups is 2. The molecule has 1 amide bonds. The zero-order valence-electron chi connectivity index (χ0n) is 13.9. The molecule has 0 aliphatic rings. The molecule has 1 heterocycles. The highest BCUT2D eigenvalue weighted by molar-refractivity contribution is 5.92. The maximum absolute atomic E-state index is 12.1. The van der Waals surface area contributed by atoms with Crippen LogP contribution in [0.5, 0.6) is 5.75 Å². The van der Waals surface area contributed by atoms with Crippen LogP contribution in [0.3, 0.4) is 0 Å². The number of hydrogen-bond donors (Lipinski definition) is 1. The third kappa shape index (κ3) is 4.60. The lowest BCUT2D eigenvalue weighted by Crippen LogP contribution is -2.30. The van der Waals surface area contributed by atoms with Crippen LogP contribution < -0.4 is 10.1 Å². The van der Waals surface area contributed by atoms with Gasteiger partial charge in [-0.05, 0) is 25.2 Å². The van der Waals surface area contributed by atoms with Crippen molar-refractivity contribution in [1.82, 2.24) is 4.90 Å². The summed E-state index contributed by atoms with van der Waals surface area (Å²) in [6, 6.07) is 8.66. The average Bonchev–Trinajstić information content (AvgIpc) is 3.01. The predicted octanol–water partition coefficient (Wildman–Crippen LogP) is 2.15. The minimum Gasteiger partial charge on any atom is -0.497 e. The average molecular weight is 332 g/mol. The van der Waals surface area contributed by atoms with E-state index in [0.29, 0.717) is 29.3 Å². The number of rotatable bonds is 7. The van der Waals surface area contributed by atoms with Gasteiger partial charge < -0.3 is 19.2 Å². The van der Waals surface area contributed by atoms with Crippen LogP contribution in [0, 0.1) is 0 Å². The number of benzene rings is 1.